The van der Waals surface area contributed by atoms with Crippen LogP contribution in [0.5, 0.6) is 0 Å². The Bertz CT molecular complexity index is 1050. The molecular formula is C29H38N2O6. The summed E-state index contributed by atoms with van der Waals surface area (Å²) in [6.45, 7) is 12.2. The highest BCUT2D eigenvalue weighted by Gasteiger charge is 2.75. The molecule has 2 amide bonds. The summed E-state index contributed by atoms with van der Waals surface area (Å²) in [6.07, 6.45) is 5.82. The van der Waals surface area contributed by atoms with E-state index in [0.717, 1.165) is 23.2 Å². The van der Waals surface area contributed by atoms with Gasteiger partial charge in [0.25, 0.3) is 5.91 Å². The van der Waals surface area contributed by atoms with Crippen LogP contribution in [0.4, 0.5) is 5.69 Å². The van der Waals surface area contributed by atoms with Crippen molar-refractivity contribution in [2.45, 2.75) is 63.7 Å². The summed E-state index contributed by atoms with van der Waals surface area (Å²) in [7, 11) is 0. The number of esters is 1. The van der Waals surface area contributed by atoms with Gasteiger partial charge in [0, 0.05) is 25.4 Å². The molecule has 37 heavy (non-hydrogen) atoms. The summed E-state index contributed by atoms with van der Waals surface area (Å²) < 4.78 is 11.8. The second kappa shape index (κ2) is 11.2. The van der Waals surface area contributed by atoms with Gasteiger partial charge in [-0.3, -0.25) is 14.4 Å². The first-order chi connectivity index (χ1) is 17.8. The Labute approximate surface area is 218 Å². The molecule has 0 aromatic heterocycles. The molecule has 8 heteroatoms. The number of amides is 2. The lowest BCUT2D eigenvalue weighted by Crippen LogP contribution is -2.56. The first-order valence-electron chi connectivity index (χ1n) is 13.2. The van der Waals surface area contributed by atoms with Crippen LogP contribution in [0.3, 0.4) is 0 Å². The van der Waals surface area contributed by atoms with Gasteiger partial charge in [-0.2, -0.15) is 0 Å². The summed E-state index contributed by atoms with van der Waals surface area (Å²) >= 11 is 0. The van der Waals surface area contributed by atoms with Gasteiger partial charge in [0.05, 0.1) is 17.9 Å². The second-order valence-corrected chi connectivity index (χ2v) is 10.3. The highest BCUT2D eigenvalue weighted by molar-refractivity contribution is 6.05. The van der Waals surface area contributed by atoms with Crippen molar-refractivity contribution in [2.24, 2.45) is 11.8 Å². The molecule has 2 bridgehead atoms. The van der Waals surface area contributed by atoms with Crippen LogP contribution in [0.25, 0.3) is 0 Å². The molecule has 0 aliphatic carbocycles. The van der Waals surface area contributed by atoms with E-state index in [-0.39, 0.29) is 31.6 Å². The van der Waals surface area contributed by atoms with E-state index in [1.165, 1.54) is 6.08 Å². The summed E-state index contributed by atoms with van der Waals surface area (Å²) in [5, 5.41) is 9.21. The number of anilines is 1. The van der Waals surface area contributed by atoms with Crippen LogP contribution < -0.4 is 4.90 Å². The van der Waals surface area contributed by atoms with Crippen LogP contribution in [-0.2, 0) is 23.9 Å². The van der Waals surface area contributed by atoms with Gasteiger partial charge in [-0.05, 0) is 57.1 Å². The normalized spacial score (nSPS) is 27.8. The van der Waals surface area contributed by atoms with E-state index in [1.807, 2.05) is 32.0 Å². The van der Waals surface area contributed by atoms with Crippen molar-refractivity contribution >= 4 is 23.5 Å². The zero-order valence-electron chi connectivity index (χ0n) is 21.9. The maximum absolute atomic E-state index is 14.5. The van der Waals surface area contributed by atoms with Crippen molar-refractivity contribution in [3.63, 3.8) is 0 Å². The topological polar surface area (TPSA) is 96.4 Å². The number of rotatable bonds is 12. The van der Waals surface area contributed by atoms with Gasteiger partial charge < -0.3 is 24.4 Å². The number of nitrogens with zero attached hydrogens (tertiary/aromatic N) is 2. The molecule has 8 nitrogen and oxygen atoms in total. The molecule has 3 saturated heterocycles. The fourth-order valence-corrected chi connectivity index (χ4v) is 6.55. The number of carbonyl (C=O) groups excluding carboxylic acids is 3. The summed E-state index contributed by atoms with van der Waals surface area (Å²) in [6, 6.07) is 5.01. The van der Waals surface area contributed by atoms with Crippen molar-refractivity contribution in [1.82, 2.24) is 4.90 Å². The van der Waals surface area contributed by atoms with Crippen molar-refractivity contribution < 1.29 is 29.0 Å². The minimum absolute atomic E-state index is 0.0584. The van der Waals surface area contributed by atoms with E-state index in [2.05, 4.69) is 13.2 Å². The van der Waals surface area contributed by atoms with Crippen LogP contribution in [-0.4, -0.2) is 71.8 Å². The minimum Gasteiger partial charge on any atom is -0.461 e. The number of aliphatic hydroxyl groups excluding tert-OH is 1. The third-order valence-electron chi connectivity index (χ3n) is 7.99. The third kappa shape index (κ3) is 4.61. The number of benzene rings is 1. The molecule has 3 aliphatic heterocycles. The number of fused-ring (bicyclic) bond motifs is 1. The smallest absolute Gasteiger partial charge is 0.312 e. The molecule has 1 N–H and O–H groups in total. The lowest BCUT2D eigenvalue weighted by molar-refractivity contribution is -0.154. The number of aryl methyl sites for hydroxylation is 2. The molecule has 0 radical (unpaired) electrons. The molecule has 200 valence electrons. The number of aliphatic hydroxyl groups is 1. The first kappa shape index (κ1) is 27.1. The standard InChI is InChI=1S/C29H38N2O6/c1-5-15-30(24-19(3)11-10-12-20(24)4)27(34)25-29-14-13-21(37-29)22(28(35)36-18-6-2)23(29)26(33)31(25)16-8-7-9-17-32/h5-6,10-12,21-23,25,32H,1-2,7-9,13-18H2,3-4H3/t21-,22+,23-,25?,29?/m0/s1. The zero-order valence-corrected chi connectivity index (χ0v) is 21.9. The van der Waals surface area contributed by atoms with E-state index in [1.54, 1.807) is 15.9 Å². The average Bonchev–Trinajstić information content (AvgIpc) is 3.51. The minimum atomic E-state index is -1.08. The van der Waals surface area contributed by atoms with E-state index in [0.29, 0.717) is 32.2 Å². The second-order valence-electron chi connectivity index (χ2n) is 10.3. The Balaban J connectivity index is 1.75. The van der Waals surface area contributed by atoms with Crippen LogP contribution in [0, 0.1) is 25.7 Å². The molecule has 0 saturated carbocycles. The van der Waals surface area contributed by atoms with E-state index < -0.39 is 35.6 Å². The Kier molecular flexibility index (Phi) is 8.19. The SMILES string of the molecule is C=CCOC(=O)[C@@H]1[C@@H]2CCC3(O2)C(C(=O)N(CC=C)c2c(C)cccc2C)N(CCCCCO)C(=O)[C@H]13. The summed E-state index contributed by atoms with van der Waals surface area (Å²) in [5.74, 6) is -2.44. The quantitative estimate of drug-likeness (QED) is 0.264. The van der Waals surface area contributed by atoms with Crippen molar-refractivity contribution in [3.8, 4) is 0 Å². The van der Waals surface area contributed by atoms with Gasteiger partial charge in [0.1, 0.15) is 18.2 Å². The summed E-state index contributed by atoms with van der Waals surface area (Å²) in [5.41, 5.74) is 1.62. The van der Waals surface area contributed by atoms with Crippen LogP contribution in [0.2, 0.25) is 0 Å². The Morgan fingerprint density at radius 2 is 1.95 bits per heavy atom. The number of likely N-dealkylation sites (tertiary alicyclic amines) is 1. The molecule has 3 aliphatic rings. The number of para-hydroxylation sites is 1. The monoisotopic (exact) mass is 510 g/mol. The van der Waals surface area contributed by atoms with Gasteiger partial charge in [-0.1, -0.05) is 36.9 Å². The highest BCUT2D eigenvalue weighted by atomic mass is 16.6. The maximum atomic E-state index is 14.5. The van der Waals surface area contributed by atoms with Crippen LogP contribution in [0.15, 0.2) is 43.5 Å². The van der Waals surface area contributed by atoms with Crippen LogP contribution >= 0.6 is 0 Å². The number of ether oxygens (including phenoxy) is 2. The van der Waals surface area contributed by atoms with Crippen LogP contribution in [0.1, 0.15) is 43.2 Å². The van der Waals surface area contributed by atoms with E-state index >= 15 is 0 Å². The molecule has 1 aromatic rings. The fraction of sp³-hybridized carbons (Fsp3) is 0.552. The maximum Gasteiger partial charge on any atom is 0.312 e. The molecule has 1 aromatic carbocycles. The van der Waals surface area contributed by atoms with Gasteiger partial charge in [-0.25, -0.2) is 0 Å². The Morgan fingerprint density at radius 1 is 1.22 bits per heavy atom. The summed E-state index contributed by atoms with van der Waals surface area (Å²) in [4.78, 5) is 44.8. The predicted molar refractivity (Wildman–Crippen MR) is 140 cm³/mol. The van der Waals surface area contributed by atoms with E-state index in [4.69, 9.17) is 9.47 Å². The molecule has 5 atom stereocenters. The molecule has 1 spiro atoms. The zero-order chi connectivity index (χ0) is 26.7. The molecular weight excluding hydrogens is 472 g/mol. The number of unbranched alkanes of at least 4 members (excludes halogenated alkanes) is 2. The van der Waals surface area contributed by atoms with E-state index in [9.17, 15) is 19.5 Å². The fourth-order valence-electron chi connectivity index (χ4n) is 6.55. The molecule has 2 unspecified atom stereocenters. The largest absolute Gasteiger partial charge is 0.461 e. The van der Waals surface area contributed by atoms with Crippen molar-refractivity contribution in [2.75, 3.05) is 31.2 Å². The van der Waals surface area contributed by atoms with Crippen molar-refractivity contribution in [3.05, 3.63) is 54.6 Å². The highest BCUT2D eigenvalue weighted by Crippen LogP contribution is 2.59. The molecule has 4 rings (SSSR count). The lowest BCUT2D eigenvalue weighted by Gasteiger charge is -2.37. The number of hydrogen-bond acceptors (Lipinski definition) is 6. The van der Waals surface area contributed by atoms with Gasteiger partial charge in [0.2, 0.25) is 5.91 Å². The first-order valence-corrected chi connectivity index (χ1v) is 13.2. The molecule has 3 heterocycles. The predicted octanol–water partition coefficient (Wildman–Crippen LogP) is 3.09. The van der Waals surface area contributed by atoms with Gasteiger partial charge in [0.15, 0.2) is 0 Å². The average molecular weight is 511 g/mol. The van der Waals surface area contributed by atoms with Gasteiger partial charge in [-0.15, -0.1) is 6.58 Å². The molecule has 3 fully saturated rings. The van der Waals surface area contributed by atoms with Gasteiger partial charge >= 0.3 is 5.97 Å². The third-order valence-corrected chi connectivity index (χ3v) is 7.99. The Morgan fingerprint density at radius 3 is 2.59 bits per heavy atom. The number of hydrogen-bond donors (Lipinski definition) is 1. The number of carbonyl (C=O) groups is 3. The lowest BCUT2D eigenvalue weighted by atomic mass is 9.70. The Hall–Kier alpha value is -2.97. The van der Waals surface area contributed by atoms with Crippen molar-refractivity contribution in [1.29, 1.82) is 0 Å².